The number of guanidine groups is 1. The van der Waals surface area contributed by atoms with Gasteiger partial charge in [-0.25, -0.2) is 4.99 Å². The molecule has 2 saturated heterocycles. The molecule has 0 spiro atoms. The second-order valence-corrected chi connectivity index (χ2v) is 7.03. The van der Waals surface area contributed by atoms with E-state index in [1.165, 1.54) is 0 Å². The van der Waals surface area contributed by atoms with Crippen LogP contribution in [0.5, 0.6) is 5.75 Å². The number of nitrogens with zero attached hydrogens (tertiary/aromatic N) is 5. The zero-order chi connectivity index (χ0) is 20.3. The van der Waals surface area contributed by atoms with Gasteiger partial charge in [0.15, 0.2) is 5.96 Å². The molecular formula is C20H32N6O3. The molecule has 3 heterocycles. The van der Waals surface area contributed by atoms with E-state index in [0.29, 0.717) is 46.0 Å². The van der Waals surface area contributed by atoms with Crippen molar-refractivity contribution >= 4 is 11.9 Å². The van der Waals surface area contributed by atoms with Gasteiger partial charge in [0.1, 0.15) is 12.4 Å². The Balaban J connectivity index is 1.41. The summed E-state index contributed by atoms with van der Waals surface area (Å²) in [5.74, 6) is 1.86. The van der Waals surface area contributed by atoms with Crippen LogP contribution in [0.3, 0.4) is 0 Å². The summed E-state index contributed by atoms with van der Waals surface area (Å²) in [6.45, 7) is 10.6. The highest BCUT2D eigenvalue weighted by molar-refractivity contribution is 5.80. The molecule has 0 radical (unpaired) electrons. The summed E-state index contributed by atoms with van der Waals surface area (Å²) in [5.41, 5.74) is 0. The third-order valence-corrected chi connectivity index (χ3v) is 4.99. The fraction of sp³-hybridized carbons (Fsp3) is 0.650. The van der Waals surface area contributed by atoms with Gasteiger partial charge >= 0.3 is 0 Å². The summed E-state index contributed by atoms with van der Waals surface area (Å²) in [4.78, 5) is 27.6. The summed E-state index contributed by atoms with van der Waals surface area (Å²) in [7, 11) is 0. The van der Waals surface area contributed by atoms with Crippen LogP contribution in [0.15, 0.2) is 29.5 Å². The monoisotopic (exact) mass is 404 g/mol. The normalized spacial score (nSPS) is 18.6. The first-order chi connectivity index (χ1) is 14.3. The minimum Gasteiger partial charge on any atom is -0.490 e. The molecule has 9 nitrogen and oxygen atoms in total. The molecule has 1 aromatic heterocycles. The molecule has 1 N–H and O–H groups in total. The van der Waals surface area contributed by atoms with E-state index in [1.807, 2.05) is 17.0 Å². The number of hydrogen-bond donors (Lipinski definition) is 1. The van der Waals surface area contributed by atoms with Crippen molar-refractivity contribution < 1.29 is 14.3 Å². The third-order valence-electron chi connectivity index (χ3n) is 4.99. The number of aliphatic imine (C=N–C) groups is 1. The Morgan fingerprint density at radius 2 is 2.00 bits per heavy atom. The molecule has 29 heavy (non-hydrogen) atoms. The Hall–Kier alpha value is -2.39. The third kappa shape index (κ3) is 6.86. The molecule has 0 unspecified atom stereocenters. The van der Waals surface area contributed by atoms with Gasteiger partial charge in [0.05, 0.1) is 32.5 Å². The van der Waals surface area contributed by atoms with Crippen molar-refractivity contribution in [1.29, 1.82) is 0 Å². The SMILES string of the molecule is CCNC(=NCCOc1cccnc1)N1CCN(CC(=O)N2CCOCC2)CC1. The zero-order valence-corrected chi connectivity index (χ0v) is 17.3. The molecule has 0 saturated carbocycles. The van der Waals surface area contributed by atoms with E-state index >= 15 is 0 Å². The summed E-state index contributed by atoms with van der Waals surface area (Å²) < 4.78 is 11.0. The Morgan fingerprint density at radius 1 is 1.21 bits per heavy atom. The molecular weight excluding hydrogens is 372 g/mol. The lowest BCUT2D eigenvalue weighted by molar-refractivity contribution is -0.136. The quantitative estimate of drug-likeness (QED) is 0.386. The fourth-order valence-corrected chi connectivity index (χ4v) is 3.40. The topological polar surface area (TPSA) is 82.5 Å². The molecule has 160 valence electrons. The summed E-state index contributed by atoms with van der Waals surface area (Å²) >= 11 is 0. The number of ether oxygens (including phenoxy) is 2. The van der Waals surface area contributed by atoms with Crippen molar-refractivity contribution in [2.24, 2.45) is 4.99 Å². The smallest absolute Gasteiger partial charge is 0.236 e. The lowest BCUT2D eigenvalue weighted by atomic mass is 10.3. The van der Waals surface area contributed by atoms with E-state index in [2.05, 4.69) is 27.0 Å². The predicted molar refractivity (Wildman–Crippen MR) is 111 cm³/mol. The number of rotatable bonds is 7. The van der Waals surface area contributed by atoms with Crippen LogP contribution in [0, 0.1) is 0 Å². The summed E-state index contributed by atoms with van der Waals surface area (Å²) in [6.07, 6.45) is 3.43. The van der Waals surface area contributed by atoms with E-state index in [0.717, 1.165) is 44.4 Å². The van der Waals surface area contributed by atoms with Crippen molar-refractivity contribution in [3.63, 3.8) is 0 Å². The minimum absolute atomic E-state index is 0.204. The van der Waals surface area contributed by atoms with Gasteiger partial charge in [0, 0.05) is 52.0 Å². The van der Waals surface area contributed by atoms with Crippen LogP contribution < -0.4 is 10.1 Å². The maximum absolute atomic E-state index is 12.4. The lowest BCUT2D eigenvalue weighted by Crippen LogP contribution is -2.55. The predicted octanol–water partition coefficient (Wildman–Crippen LogP) is -0.0977. The Morgan fingerprint density at radius 3 is 2.69 bits per heavy atom. The summed E-state index contributed by atoms with van der Waals surface area (Å²) in [6, 6.07) is 3.74. The summed E-state index contributed by atoms with van der Waals surface area (Å²) in [5, 5.41) is 3.36. The molecule has 0 aromatic carbocycles. The van der Waals surface area contributed by atoms with Crippen LogP contribution in [-0.4, -0.2) is 110 Å². The van der Waals surface area contributed by atoms with Crippen LogP contribution in [0.4, 0.5) is 0 Å². The number of pyridine rings is 1. The van der Waals surface area contributed by atoms with Crippen LogP contribution in [0.1, 0.15) is 6.92 Å². The van der Waals surface area contributed by atoms with Crippen LogP contribution in [0.2, 0.25) is 0 Å². The van der Waals surface area contributed by atoms with Gasteiger partial charge in [0.25, 0.3) is 0 Å². The standard InChI is InChI=1S/C20H32N6O3/c1-2-22-20(23-6-13-29-18-4-3-5-21-16-18)26-9-7-24(8-10-26)17-19(27)25-11-14-28-15-12-25/h3-5,16H,2,6-15,17H2,1H3,(H,22,23). The average Bonchev–Trinajstić information content (AvgIpc) is 2.78. The van der Waals surface area contributed by atoms with Crippen LogP contribution in [-0.2, 0) is 9.53 Å². The first kappa shape index (κ1) is 21.3. The maximum atomic E-state index is 12.4. The highest BCUT2D eigenvalue weighted by Gasteiger charge is 2.24. The van der Waals surface area contributed by atoms with E-state index in [9.17, 15) is 4.79 Å². The fourth-order valence-electron chi connectivity index (χ4n) is 3.40. The largest absolute Gasteiger partial charge is 0.490 e. The molecule has 3 rings (SSSR count). The van der Waals surface area contributed by atoms with E-state index in [4.69, 9.17) is 14.5 Å². The number of piperazine rings is 1. The van der Waals surface area contributed by atoms with Gasteiger partial charge in [-0.15, -0.1) is 0 Å². The first-order valence-electron chi connectivity index (χ1n) is 10.4. The van der Waals surface area contributed by atoms with Gasteiger partial charge in [-0.1, -0.05) is 0 Å². The number of nitrogens with one attached hydrogen (secondary N) is 1. The Kier molecular flexibility index (Phi) is 8.51. The molecule has 1 amide bonds. The molecule has 2 aliphatic rings. The average molecular weight is 405 g/mol. The lowest BCUT2D eigenvalue weighted by Gasteiger charge is -2.37. The second kappa shape index (κ2) is 11.6. The van der Waals surface area contributed by atoms with E-state index in [1.54, 1.807) is 12.4 Å². The van der Waals surface area contributed by atoms with E-state index in [-0.39, 0.29) is 5.91 Å². The molecule has 9 heteroatoms. The Bertz CT molecular complexity index is 643. The van der Waals surface area contributed by atoms with Crippen molar-refractivity contribution in [3.05, 3.63) is 24.5 Å². The van der Waals surface area contributed by atoms with Crippen LogP contribution in [0.25, 0.3) is 0 Å². The molecule has 2 fully saturated rings. The van der Waals surface area contributed by atoms with Gasteiger partial charge in [-0.2, -0.15) is 0 Å². The number of aromatic nitrogens is 1. The van der Waals surface area contributed by atoms with Crippen molar-refractivity contribution in [2.45, 2.75) is 6.92 Å². The Labute approximate surface area is 172 Å². The van der Waals surface area contributed by atoms with Crippen molar-refractivity contribution in [1.82, 2.24) is 25.0 Å². The number of morpholine rings is 1. The van der Waals surface area contributed by atoms with Gasteiger partial charge in [-0.05, 0) is 19.1 Å². The first-order valence-corrected chi connectivity index (χ1v) is 10.4. The second-order valence-electron chi connectivity index (χ2n) is 7.03. The van der Waals surface area contributed by atoms with Gasteiger partial charge in [-0.3, -0.25) is 14.7 Å². The van der Waals surface area contributed by atoms with E-state index < -0.39 is 0 Å². The van der Waals surface area contributed by atoms with Crippen molar-refractivity contribution in [2.75, 3.05) is 78.7 Å². The van der Waals surface area contributed by atoms with Crippen LogP contribution >= 0.6 is 0 Å². The zero-order valence-electron chi connectivity index (χ0n) is 17.3. The molecule has 2 aliphatic heterocycles. The number of carbonyl (C=O) groups is 1. The maximum Gasteiger partial charge on any atom is 0.236 e. The molecule has 1 aromatic rings. The number of hydrogen-bond acceptors (Lipinski definition) is 6. The highest BCUT2D eigenvalue weighted by atomic mass is 16.5. The molecule has 0 atom stereocenters. The highest BCUT2D eigenvalue weighted by Crippen LogP contribution is 2.07. The molecule has 0 bridgehead atoms. The van der Waals surface area contributed by atoms with Gasteiger partial charge < -0.3 is 24.6 Å². The number of carbonyl (C=O) groups excluding carboxylic acids is 1. The van der Waals surface area contributed by atoms with Crippen molar-refractivity contribution in [3.8, 4) is 5.75 Å². The molecule has 0 aliphatic carbocycles. The number of amides is 1. The minimum atomic E-state index is 0.204. The van der Waals surface area contributed by atoms with Gasteiger partial charge in [0.2, 0.25) is 5.91 Å².